The van der Waals surface area contributed by atoms with E-state index in [0.29, 0.717) is 22.5 Å². The second-order valence-electron chi connectivity index (χ2n) is 9.99. The number of amides is 2. The van der Waals surface area contributed by atoms with E-state index in [4.69, 9.17) is 4.74 Å². The normalized spacial score (nSPS) is 12.1. The standard InChI is InChI=1S/C30H36BrN3O5S/c1-21(2)18-32-30(36)23(4)33(19-24-8-6-11-27(16-24)39-5)29(35)20-34(26-10-7-9-25(31)17-26)40(37,38)28-14-12-22(3)13-15-28/h6-17,21,23H,18-20H2,1-5H3,(H,32,36). The molecule has 1 N–H and O–H groups in total. The molecule has 1 unspecified atom stereocenters. The number of carbonyl (C=O) groups is 2. The average molecular weight is 631 g/mol. The molecule has 3 rings (SSSR count). The van der Waals surface area contributed by atoms with Crippen LogP contribution in [0.15, 0.2) is 82.2 Å². The van der Waals surface area contributed by atoms with Crippen LogP contribution in [0.3, 0.4) is 0 Å². The Morgan fingerprint density at radius 2 is 1.65 bits per heavy atom. The topological polar surface area (TPSA) is 96.0 Å². The van der Waals surface area contributed by atoms with Crippen LogP contribution < -0.4 is 14.4 Å². The maximum Gasteiger partial charge on any atom is 0.264 e. The maximum absolute atomic E-state index is 14.0. The molecule has 10 heteroatoms. The number of hydrogen-bond acceptors (Lipinski definition) is 5. The lowest BCUT2D eigenvalue weighted by Crippen LogP contribution is -2.51. The van der Waals surface area contributed by atoms with Gasteiger partial charge in [0.05, 0.1) is 17.7 Å². The Morgan fingerprint density at radius 1 is 0.975 bits per heavy atom. The highest BCUT2D eigenvalue weighted by Gasteiger charge is 2.32. The van der Waals surface area contributed by atoms with Crippen molar-refractivity contribution in [3.05, 3.63) is 88.4 Å². The molecule has 8 nitrogen and oxygen atoms in total. The number of benzene rings is 3. The highest BCUT2D eigenvalue weighted by molar-refractivity contribution is 9.10. The molecule has 40 heavy (non-hydrogen) atoms. The zero-order valence-corrected chi connectivity index (χ0v) is 25.8. The molecular weight excluding hydrogens is 594 g/mol. The average Bonchev–Trinajstić information content (AvgIpc) is 2.93. The molecule has 0 aliphatic carbocycles. The first-order valence-corrected chi connectivity index (χ1v) is 15.2. The monoisotopic (exact) mass is 629 g/mol. The van der Waals surface area contributed by atoms with E-state index < -0.39 is 28.5 Å². The molecular formula is C30H36BrN3O5S. The van der Waals surface area contributed by atoms with Crippen molar-refractivity contribution in [1.82, 2.24) is 10.2 Å². The van der Waals surface area contributed by atoms with Crippen molar-refractivity contribution in [2.45, 2.75) is 45.2 Å². The molecule has 214 valence electrons. The lowest BCUT2D eigenvalue weighted by Gasteiger charge is -2.32. The molecule has 0 saturated carbocycles. The highest BCUT2D eigenvalue weighted by atomic mass is 79.9. The van der Waals surface area contributed by atoms with Crippen LogP contribution >= 0.6 is 15.9 Å². The summed E-state index contributed by atoms with van der Waals surface area (Å²) in [5.41, 5.74) is 1.97. The molecule has 0 saturated heterocycles. The minimum Gasteiger partial charge on any atom is -0.497 e. The Bertz CT molecular complexity index is 1430. The van der Waals surface area contributed by atoms with Crippen LogP contribution in [0.4, 0.5) is 5.69 Å². The second-order valence-corrected chi connectivity index (χ2v) is 12.8. The van der Waals surface area contributed by atoms with Gasteiger partial charge in [-0.1, -0.05) is 65.7 Å². The summed E-state index contributed by atoms with van der Waals surface area (Å²) in [5.74, 6) is -0.00379. The Kier molecular flexibility index (Phi) is 10.8. The van der Waals surface area contributed by atoms with Crippen LogP contribution in [0.1, 0.15) is 31.9 Å². The van der Waals surface area contributed by atoms with Gasteiger partial charge in [-0.2, -0.15) is 0 Å². The Labute approximate surface area is 245 Å². The van der Waals surface area contributed by atoms with Crippen LogP contribution in [-0.4, -0.2) is 51.4 Å². The first kappa shape index (κ1) is 31.2. The number of nitrogens with zero attached hydrogens (tertiary/aromatic N) is 2. The number of methoxy groups -OCH3 is 1. The summed E-state index contributed by atoms with van der Waals surface area (Å²) in [6.07, 6.45) is 0. The second kappa shape index (κ2) is 13.8. The number of ether oxygens (including phenoxy) is 1. The minimum absolute atomic E-state index is 0.0629. The summed E-state index contributed by atoms with van der Waals surface area (Å²) in [5, 5.41) is 2.88. The minimum atomic E-state index is -4.12. The molecule has 0 aliphatic rings. The van der Waals surface area contributed by atoms with E-state index >= 15 is 0 Å². The van der Waals surface area contributed by atoms with Crippen molar-refractivity contribution in [3.63, 3.8) is 0 Å². The summed E-state index contributed by atoms with van der Waals surface area (Å²) in [7, 11) is -2.57. The van der Waals surface area contributed by atoms with Crippen molar-refractivity contribution in [2.75, 3.05) is 24.5 Å². The third-order valence-corrected chi connectivity index (χ3v) is 8.60. The molecule has 0 aromatic heterocycles. The van der Waals surface area contributed by atoms with Crippen molar-refractivity contribution in [1.29, 1.82) is 0 Å². The van der Waals surface area contributed by atoms with Gasteiger partial charge < -0.3 is 15.0 Å². The SMILES string of the molecule is COc1cccc(CN(C(=O)CN(c2cccc(Br)c2)S(=O)(=O)c2ccc(C)cc2)C(C)C(=O)NCC(C)C)c1. The van der Waals surface area contributed by atoms with Gasteiger partial charge in [-0.25, -0.2) is 8.42 Å². The summed E-state index contributed by atoms with van der Waals surface area (Å²) in [6.45, 7) is 7.52. The van der Waals surface area contributed by atoms with Gasteiger partial charge in [0, 0.05) is 17.6 Å². The molecule has 0 aliphatic heterocycles. The summed E-state index contributed by atoms with van der Waals surface area (Å²) < 4.78 is 34.8. The molecule has 0 heterocycles. The van der Waals surface area contributed by atoms with Crippen molar-refractivity contribution >= 4 is 43.5 Å². The van der Waals surface area contributed by atoms with Gasteiger partial charge in [0.1, 0.15) is 18.3 Å². The van der Waals surface area contributed by atoms with Crippen LogP contribution in [0.25, 0.3) is 0 Å². The lowest BCUT2D eigenvalue weighted by molar-refractivity contribution is -0.139. The fourth-order valence-electron chi connectivity index (χ4n) is 4.00. The summed E-state index contributed by atoms with van der Waals surface area (Å²) >= 11 is 3.41. The Morgan fingerprint density at radius 3 is 2.27 bits per heavy atom. The van der Waals surface area contributed by atoms with E-state index in [2.05, 4.69) is 21.2 Å². The predicted molar refractivity (Wildman–Crippen MR) is 161 cm³/mol. The molecule has 3 aromatic carbocycles. The number of hydrogen-bond donors (Lipinski definition) is 1. The zero-order chi connectivity index (χ0) is 29.4. The number of rotatable bonds is 12. The third kappa shape index (κ3) is 8.08. The van der Waals surface area contributed by atoms with Gasteiger partial charge in [0.25, 0.3) is 10.0 Å². The molecule has 0 spiro atoms. The van der Waals surface area contributed by atoms with Crippen molar-refractivity contribution in [2.24, 2.45) is 5.92 Å². The molecule has 0 bridgehead atoms. The van der Waals surface area contributed by atoms with Gasteiger partial charge >= 0.3 is 0 Å². The van der Waals surface area contributed by atoms with E-state index in [9.17, 15) is 18.0 Å². The van der Waals surface area contributed by atoms with Gasteiger partial charge in [-0.15, -0.1) is 0 Å². The molecule has 0 fully saturated rings. The maximum atomic E-state index is 14.0. The molecule has 1 atom stereocenters. The van der Waals surface area contributed by atoms with E-state index in [1.807, 2.05) is 26.8 Å². The van der Waals surface area contributed by atoms with E-state index in [-0.39, 0.29) is 23.3 Å². The first-order valence-electron chi connectivity index (χ1n) is 13.0. The lowest BCUT2D eigenvalue weighted by atomic mass is 10.1. The highest BCUT2D eigenvalue weighted by Crippen LogP contribution is 2.27. The molecule has 2 amide bonds. The van der Waals surface area contributed by atoms with Crippen molar-refractivity contribution < 1.29 is 22.7 Å². The largest absolute Gasteiger partial charge is 0.497 e. The van der Waals surface area contributed by atoms with Crippen LogP contribution in [0.5, 0.6) is 5.75 Å². The fraction of sp³-hybridized carbons (Fsp3) is 0.333. The third-order valence-electron chi connectivity index (χ3n) is 6.32. The van der Waals surface area contributed by atoms with E-state index in [1.54, 1.807) is 68.6 Å². The van der Waals surface area contributed by atoms with Crippen LogP contribution in [-0.2, 0) is 26.2 Å². The van der Waals surface area contributed by atoms with Gasteiger partial charge in [0.2, 0.25) is 11.8 Å². The molecule has 0 radical (unpaired) electrons. The quantitative estimate of drug-likeness (QED) is 0.299. The molecule has 3 aromatic rings. The number of nitrogens with one attached hydrogen (secondary N) is 1. The Balaban J connectivity index is 2.02. The Hall–Kier alpha value is -3.37. The van der Waals surface area contributed by atoms with E-state index in [1.165, 1.54) is 17.0 Å². The number of sulfonamides is 1. The van der Waals surface area contributed by atoms with E-state index in [0.717, 1.165) is 15.4 Å². The van der Waals surface area contributed by atoms with Crippen LogP contribution in [0, 0.1) is 12.8 Å². The predicted octanol–water partition coefficient (Wildman–Crippen LogP) is 5.15. The number of anilines is 1. The number of carbonyl (C=O) groups excluding carboxylic acids is 2. The number of halogens is 1. The van der Waals surface area contributed by atoms with Gasteiger partial charge in [-0.3, -0.25) is 13.9 Å². The van der Waals surface area contributed by atoms with Gasteiger partial charge in [-0.05, 0) is 67.8 Å². The first-order chi connectivity index (χ1) is 18.9. The van der Waals surface area contributed by atoms with Crippen molar-refractivity contribution in [3.8, 4) is 5.75 Å². The van der Waals surface area contributed by atoms with Crippen LogP contribution in [0.2, 0.25) is 0 Å². The summed E-state index contributed by atoms with van der Waals surface area (Å²) in [6, 6.07) is 19.6. The smallest absolute Gasteiger partial charge is 0.264 e. The zero-order valence-electron chi connectivity index (χ0n) is 23.4. The fourth-order valence-corrected chi connectivity index (χ4v) is 5.79. The number of aryl methyl sites for hydroxylation is 1. The summed E-state index contributed by atoms with van der Waals surface area (Å²) in [4.78, 5) is 28.5. The van der Waals surface area contributed by atoms with Gasteiger partial charge in [0.15, 0.2) is 0 Å².